The minimum absolute atomic E-state index is 0.00125. The fourth-order valence-electron chi connectivity index (χ4n) is 12.9. The standard InChI is InChI=1S/C85H109N19O24S4/c1-122-85(113)100-72(80(108)87-33-5-43-124-47-51-128-53-49-126-45-7-35-99-130(116,117)69-20-10-61(11-21-69)63-14-24-71(25-15-63)132(120,121)102-74(82(111)112)59-95-79(107)65-17-28-76-67(55-65)57-97-104(76)41-3-31-89-84-92-38-39-93-84)26-29-77(105)86-32-4-42-123-46-50-127-52-48-125-44-6-34-98-129(114,115)68-18-8-60(9-19-68)62-12-22-70(23-13-62)131(118,119)101-73(81(109)110)58-94-78(106)64-16-27-75-66(54-64)56-96-103(75)40-2-30-88-83-90-36-37-91-83/h8-25,27-28,36-39,54-57,72-74,98-99,101-102H,2-7,26,29-35,40-53,58-59H2,1H3,(H,86,105)(H,87,108)(H,94,106)(H,95,107)(H,100,113)(H,109,110)(H,111,112)(H2,88,90,91)(H2,89,92,93). The predicted octanol–water partition coefficient (Wildman–Crippen LogP) is 4.15. The van der Waals surface area contributed by atoms with Gasteiger partial charge in [0.15, 0.2) is 11.9 Å². The first-order valence-electron chi connectivity index (χ1n) is 42.4. The van der Waals surface area contributed by atoms with Crippen LogP contribution < -0.4 is 56.1 Å². The van der Waals surface area contributed by atoms with E-state index in [0.29, 0.717) is 110 Å². The van der Waals surface area contributed by atoms with Crippen LogP contribution in [0.4, 0.5) is 16.7 Å². The average molecular weight is 1910 g/mol. The summed E-state index contributed by atoms with van der Waals surface area (Å²) in [7, 11) is -15.4. The quantitative estimate of drug-likeness (QED) is 0.0238. The van der Waals surface area contributed by atoms with Crippen molar-refractivity contribution in [2.45, 2.75) is 102 Å². The van der Waals surface area contributed by atoms with Crippen molar-refractivity contribution in [2.75, 3.05) is 149 Å². The number of nitrogens with zero attached hydrogens (tertiary/aromatic N) is 6. The number of alkyl carbamates (subject to hydrolysis) is 1. The van der Waals surface area contributed by atoms with Crippen molar-refractivity contribution >= 4 is 115 Å². The molecule has 0 aliphatic heterocycles. The van der Waals surface area contributed by atoms with E-state index in [1.165, 1.54) is 72.8 Å². The van der Waals surface area contributed by atoms with Gasteiger partial charge in [-0.2, -0.15) is 19.6 Å². The lowest BCUT2D eigenvalue weighted by molar-refractivity contribution is -0.139. The third-order valence-corrected chi connectivity index (χ3v) is 25.9. The number of ether oxygens (including phenoxy) is 7. The summed E-state index contributed by atoms with van der Waals surface area (Å²) in [6, 6.07) is 28.3. The molecular weight excluding hydrogens is 1800 g/mol. The van der Waals surface area contributed by atoms with Crippen molar-refractivity contribution in [3.05, 3.63) is 182 Å². The summed E-state index contributed by atoms with van der Waals surface area (Å²) in [5.74, 6) is -3.79. The molecular formula is C85H109N19O24S4. The van der Waals surface area contributed by atoms with Crippen molar-refractivity contribution in [1.82, 2.24) is 85.0 Å². The number of carboxylic acids is 2. The number of H-pyrrole nitrogens is 2. The number of methoxy groups -OCH3 is 1. The Morgan fingerprint density at radius 2 is 0.765 bits per heavy atom. The van der Waals surface area contributed by atoms with Crippen LogP contribution in [-0.2, 0) is 106 Å². The largest absolute Gasteiger partial charge is 0.480 e. The molecule has 3 atom stereocenters. The van der Waals surface area contributed by atoms with Crippen molar-refractivity contribution in [3.63, 3.8) is 0 Å². The van der Waals surface area contributed by atoms with Crippen LogP contribution in [0, 0.1) is 0 Å². The molecule has 132 heavy (non-hydrogen) atoms. The topological polar surface area (TPSA) is 586 Å². The highest BCUT2D eigenvalue weighted by molar-refractivity contribution is 7.90. The second-order valence-electron chi connectivity index (χ2n) is 29.5. The third kappa shape index (κ3) is 32.9. The minimum atomic E-state index is -4.40. The van der Waals surface area contributed by atoms with Gasteiger partial charge in [0.05, 0.1) is 103 Å². The summed E-state index contributed by atoms with van der Waals surface area (Å²) in [6.45, 7) is 5.22. The number of amides is 5. The Morgan fingerprint density at radius 3 is 1.12 bits per heavy atom. The number of aliphatic carboxylic acids is 2. The molecule has 4 aromatic heterocycles. The molecule has 0 saturated heterocycles. The second kappa shape index (κ2) is 52.1. The van der Waals surface area contributed by atoms with Gasteiger partial charge in [0.1, 0.15) is 18.1 Å². The van der Waals surface area contributed by atoms with Gasteiger partial charge in [-0.1, -0.05) is 48.5 Å². The van der Waals surface area contributed by atoms with Gasteiger partial charge in [-0.15, -0.1) is 0 Å². The molecule has 10 rings (SSSR count). The number of aryl methyl sites for hydroxylation is 2. The Balaban J connectivity index is 0.491. The van der Waals surface area contributed by atoms with E-state index in [9.17, 15) is 77.4 Å². The van der Waals surface area contributed by atoms with Crippen molar-refractivity contribution in [2.24, 2.45) is 0 Å². The molecule has 15 N–H and O–H groups in total. The lowest BCUT2D eigenvalue weighted by atomic mass is 10.1. The van der Waals surface area contributed by atoms with E-state index in [1.807, 2.05) is 0 Å². The van der Waals surface area contributed by atoms with Crippen LogP contribution in [0.25, 0.3) is 44.1 Å². The lowest BCUT2D eigenvalue weighted by Crippen LogP contribution is -2.48. The summed E-state index contributed by atoms with van der Waals surface area (Å²) in [5.41, 5.74) is 4.27. The third-order valence-electron chi connectivity index (χ3n) is 19.9. The molecule has 0 aliphatic rings. The number of fused-ring (bicyclic) bond motifs is 2. The summed E-state index contributed by atoms with van der Waals surface area (Å²) < 4.78 is 157. The highest BCUT2D eigenvalue weighted by Gasteiger charge is 2.30. The number of sulfonamides is 4. The minimum Gasteiger partial charge on any atom is -0.480 e. The fraction of sp³-hybridized carbons (Fsp3) is 0.400. The zero-order chi connectivity index (χ0) is 94.1. The molecule has 43 nitrogen and oxygen atoms in total. The summed E-state index contributed by atoms with van der Waals surface area (Å²) in [4.78, 5) is 102. The molecule has 0 bridgehead atoms. The van der Waals surface area contributed by atoms with Gasteiger partial charge in [-0.05, 0) is 152 Å². The Hall–Kier alpha value is -12.2. The van der Waals surface area contributed by atoms with Crippen molar-refractivity contribution < 1.29 is 111 Å². The molecule has 0 radical (unpaired) electrons. The first-order chi connectivity index (χ1) is 63.6. The van der Waals surface area contributed by atoms with Gasteiger partial charge in [0, 0.05) is 145 Å². The van der Waals surface area contributed by atoms with E-state index in [2.05, 4.69) is 91.0 Å². The Bertz CT molecular complexity index is 5840. The van der Waals surface area contributed by atoms with E-state index in [0.717, 1.165) is 31.0 Å². The maximum Gasteiger partial charge on any atom is 0.407 e. The molecule has 47 heteroatoms. The van der Waals surface area contributed by atoms with Crippen LogP contribution >= 0.6 is 0 Å². The van der Waals surface area contributed by atoms with Gasteiger partial charge in [0.25, 0.3) is 11.8 Å². The van der Waals surface area contributed by atoms with E-state index < -0.39 is 107 Å². The lowest BCUT2D eigenvalue weighted by Gasteiger charge is -2.17. The zero-order valence-electron chi connectivity index (χ0n) is 72.3. The molecule has 4 heterocycles. The molecule has 712 valence electrons. The molecule has 10 aromatic rings. The smallest absolute Gasteiger partial charge is 0.407 e. The Morgan fingerprint density at radius 1 is 0.409 bits per heavy atom. The molecule has 0 aliphatic carbocycles. The number of nitrogens with one attached hydrogen (secondary N) is 13. The molecule has 3 unspecified atom stereocenters. The van der Waals surface area contributed by atoms with Gasteiger partial charge in [-0.3, -0.25) is 38.1 Å². The molecule has 5 amide bonds. The van der Waals surface area contributed by atoms with Crippen molar-refractivity contribution in [3.8, 4) is 22.3 Å². The van der Waals surface area contributed by atoms with Crippen LogP contribution in [-0.4, -0.2) is 282 Å². The summed E-state index contributed by atoms with van der Waals surface area (Å²) >= 11 is 0. The van der Waals surface area contributed by atoms with Crippen LogP contribution in [0.5, 0.6) is 0 Å². The van der Waals surface area contributed by atoms with Crippen LogP contribution in [0.3, 0.4) is 0 Å². The molecule has 0 fully saturated rings. The van der Waals surface area contributed by atoms with E-state index in [-0.39, 0.29) is 142 Å². The molecule has 6 aromatic carbocycles. The van der Waals surface area contributed by atoms with E-state index >= 15 is 0 Å². The number of aromatic amines is 2. The second-order valence-corrected chi connectivity index (χ2v) is 36.5. The van der Waals surface area contributed by atoms with Gasteiger partial charge in [0.2, 0.25) is 51.9 Å². The first kappa shape index (κ1) is 102. The maximum atomic E-state index is 13.4. The van der Waals surface area contributed by atoms with E-state index in [4.69, 9.17) is 28.4 Å². The highest BCUT2D eigenvalue weighted by atomic mass is 32.2. The van der Waals surface area contributed by atoms with Crippen LogP contribution in [0.1, 0.15) is 72.1 Å². The number of rotatable bonds is 63. The van der Waals surface area contributed by atoms with Crippen LogP contribution in [0.2, 0.25) is 0 Å². The van der Waals surface area contributed by atoms with Gasteiger partial charge >= 0.3 is 18.0 Å². The summed E-state index contributed by atoms with van der Waals surface area (Å²) in [5, 5.41) is 49.3. The van der Waals surface area contributed by atoms with Crippen LogP contribution in [0.15, 0.2) is 190 Å². The van der Waals surface area contributed by atoms with Gasteiger partial charge < -0.3 is 90.6 Å². The molecule has 0 spiro atoms. The number of hydrogen-bond acceptors (Lipinski definition) is 28. The monoisotopic (exact) mass is 1910 g/mol. The van der Waals surface area contributed by atoms with Gasteiger partial charge in [-0.25, -0.2) is 57.9 Å². The number of anilines is 2. The number of benzene rings is 6. The first-order valence-corrected chi connectivity index (χ1v) is 48.3. The van der Waals surface area contributed by atoms with E-state index in [1.54, 1.807) is 107 Å². The number of carboxylic acid groups (broad SMARTS) is 2. The number of carbonyl (C=O) groups excluding carboxylic acids is 5. The predicted molar refractivity (Wildman–Crippen MR) is 483 cm³/mol. The number of imidazole rings is 2. The SMILES string of the molecule is COC(=O)NC(CCC(=O)NCCCOCCOCCOCCCNS(=O)(=O)c1ccc(-c2ccc(S(=O)(=O)NC(CNC(=O)c3ccc4c(cnn4CCCNc4ncc[nH]4)c3)C(=O)O)cc2)cc1)C(=O)NCCCOCCOCCOCCCNS(=O)(=O)c1ccc(-c2ccc(S(=O)(=O)NC(CNC(=O)c3ccc4c(cnn4CCCNc4ncc[nH]4)c3)C(=O)O)cc2)cc1. The Kier molecular flexibility index (Phi) is 40.2. The average Bonchev–Trinajstić information content (AvgIpc) is 1.55. The maximum absolute atomic E-state index is 13.4. The number of carbonyl (C=O) groups is 7. The normalized spacial score (nSPS) is 12.6. The number of aromatic nitrogens is 8. The molecule has 0 saturated carbocycles. The number of hydrogen-bond donors (Lipinski definition) is 15. The summed E-state index contributed by atoms with van der Waals surface area (Å²) in [6.07, 6.45) is 12.2. The zero-order valence-corrected chi connectivity index (χ0v) is 75.6. The highest BCUT2D eigenvalue weighted by Crippen LogP contribution is 2.27. The Labute approximate surface area is 762 Å². The fourth-order valence-corrected chi connectivity index (χ4v) is 17.5. The van der Waals surface area contributed by atoms with Crippen molar-refractivity contribution in [1.29, 1.82) is 0 Å².